The van der Waals surface area contributed by atoms with Crippen LogP contribution in [-0.2, 0) is 9.63 Å². The Morgan fingerprint density at radius 3 is 2.67 bits per heavy atom. The number of aliphatic carboxylic acids is 1. The number of nitrogens with one attached hydrogen (secondary N) is 2. The summed E-state index contributed by atoms with van der Waals surface area (Å²) in [4.78, 5) is 25.6. The summed E-state index contributed by atoms with van der Waals surface area (Å²) in [6.45, 7) is 1.39. The molecule has 0 spiro atoms. The monoisotopic (exact) mass is 216 g/mol. The highest BCUT2D eigenvalue weighted by Crippen LogP contribution is 2.29. The maximum Gasteiger partial charge on any atom is 0.338 e. The second-order valence-corrected chi connectivity index (χ2v) is 3.74. The standard InChI is InChI=1S/C9H16N2O4/c1-6(7-3-2-4-7)10-9(14)11-15-5-8(12)13/h6-7H,2-5H2,1H3,(H,12,13)(H2,10,11,14). The molecule has 0 heterocycles. The zero-order valence-corrected chi connectivity index (χ0v) is 8.66. The van der Waals surface area contributed by atoms with Crippen LogP contribution in [-0.4, -0.2) is 29.8 Å². The van der Waals surface area contributed by atoms with Crippen LogP contribution in [0.1, 0.15) is 26.2 Å². The maximum atomic E-state index is 11.1. The minimum atomic E-state index is -1.12. The van der Waals surface area contributed by atoms with E-state index in [1.807, 2.05) is 12.4 Å². The molecule has 6 nitrogen and oxygen atoms in total. The molecule has 2 amide bonds. The highest BCUT2D eigenvalue weighted by molar-refractivity contribution is 5.73. The average Bonchev–Trinajstić information content (AvgIpc) is 1.98. The van der Waals surface area contributed by atoms with Gasteiger partial charge in [0.25, 0.3) is 0 Å². The summed E-state index contributed by atoms with van der Waals surface area (Å²) in [5, 5.41) is 10.9. The van der Waals surface area contributed by atoms with Gasteiger partial charge in [0, 0.05) is 6.04 Å². The fourth-order valence-corrected chi connectivity index (χ4v) is 1.46. The van der Waals surface area contributed by atoms with Gasteiger partial charge in [-0.2, -0.15) is 0 Å². The summed E-state index contributed by atoms with van der Waals surface area (Å²) >= 11 is 0. The van der Waals surface area contributed by atoms with Crippen molar-refractivity contribution in [2.24, 2.45) is 5.92 Å². The van der Waals surface area contributed by atoms with Crippen LogP contribution in [0.25, 0.3) is 0 Å². The van der Waals surface area contributed by atoms with Crippen molar-refractivity contribution in [3.05, 3.63) is 0 Å². The van der Waals surface area contributed by atoms with E-state index in [0.717, 1.165) is 12.8 Å². The molecule has 3 N–H and O–H groups in total. The summed E-state index contributed by atoms with van der Waals surface area (Å²) < 4.78 is 0. The number of carbonyl (C=O) groups excluding carboxylic acids is 1. The summed E-state index contributed by atoms with van der Waals surface area (Å²) in [6.07, 6.45) is 3.49. The molecule has 0 radical (unpaired) electrons. The van der Waals surface area contributed by atoms with Crippen molar-refractivity contribution < 1.29 is 19.5 Å². The number of rotatable bonds is 5. The van der Waals surface area contributed by atoms with Gasteiger partial charge in [-0.25, -0.2) is 15.1 Å². The van der Waals surface area contributed by atoms with Crippen LogP contribution >= 0.6 is 0 Å². The molecule has 0 aromatic carbocycles. The number of amides is 2. The summed E-state index contributed by atoms with van der Waals surface area (Å²) in [7, 11) is 0. The van der Waals surface area contributed by atoms with Gasteiger partial charge in [0.15, 0.2) is 6.61 Å². The van der Waals surface area contributed by atoms with E-state index in [9.17, 15) is 9.59 Å². The Labute approximate surface area is 87.9 Å². The van der Waals surface area contributed by atoms with Crippen LogP contribution in [0.5, 0.6) is 0 Å². The molecule has 1 unspecified atom stereocenters. The largest absolute Gasteiger partial charge is 0.479 e. The van der Waals surface area contributed by atoms with Crippen molar-refractivity contribution in [1.29, 1.82) is 0 Å². The molecule has 1 aliphatic rings. The number of urea groups is 1. The molecule has 0 aromatic rings. The first-order chi connectivity index (χ1) is 7.09. The highest BCUT2D eigenvalue weighted by atomic mass is 16.7. The van der Waals surface area contributed by atoms with Gasteiger partial charge in [0.1, 0.15) is 0 Å². The molecule has 0 saturated heterocycles. The summed E-state index contributed by atoms with van der Waals surface area (Å²) in [5.74, 6) is -0.586. The third-order valence-corrected chi connectivity index (χ3v) is 2.58. The first kappa shape index (κ1) is 11.8. The Morgan fingerprint density at radius 2 is 2.20 bits per heavy atom. The normalized spacial score (nSPS) is 17.7. The number of hydroxylamine groups is 1. The van der Waals surface area contributed by atoms with Crippen LogP contribution in [0.3, 0.4) is 0 Å². The Hall–Kier alpha value is -1.30. The van der Waals surface area contributed by atoms with E-state index in [1.165, 1.54) is 6.42 Å². The molecule has 1 fully saturated rings. The van der Waals surface area contributed by atoms with E-state index in [2.05, 4.69) is 10.2 Å². The molecule has 0 aromatic heterocycles. The van der Waals surface area contributed by atoms with E-state index >= 15 is 0 Å². The average molecular weight is 216 g/mol. The third kappa shape index (κ3) is 4.16. The lowest BCUT2D eigenvalue weighted by Gasteiger charge is -2.31. The van der Waals surface area contributed by atoms with Crippen molar-refractivity contribution in [3.63, 3.8) is 0 Å². The van der Waals surface area contributed by atoms with Gasteiger partial charge in [0.05, 0.1) is 0 Å². The van der Waals surface area contributed by atoms with Crippen LogP contribution in [0, 0.1) is 5.92 Å². The SMILES string of the molecule is CC(NC(=O)NOCC(=O)O)C1CCC1. The van der Waals surface area contributed by atoms with E-state index in [0.29, 0.717) is 5.92 Å². The predicted molar refractivity (Wildman–Crippen MR) is 52.1 cm³/mol. The lowest BCUT2D eigenvalue weighted by Crippen LogP contribution is -2.45. The topological polar surface area (TPSA) is 87.7 Å². The molecular weight excluding hydrogens is 200 g/mol. The smallest absolute Gasteiger partial charge is 0.338 e. The second-order valence-electron chi connectivity index (χ2n) is 3.74. The molecule has 6 heteroatoms. The minimum Gasteiger partial charge on any atom is -0.479 e. The first-order valence-corrected chi connectivity index (χ1v) is 4.99. The fraction of sp³-hybridized carbons (Fsp3) is 0.778. The fourth-order valence-electron chi connectivity index (χ4n) is 1.46. The van der Waals surface area contributed by atoms with Crippen molar-refractivity contribution in [2.45, 2.75) is 32.2 Å². The Kier molecular flexibility index (Phi) is 4.36. The molecule has 0 aliphatic heterocycles. The molecule has 15 heavy (non-hydrogen) atoms. The van der Waals surface area contributed by atoms with Crippen molar-refractivity contribution in [2.75, 3.05) is 6.61 Å². The summed E-state index contributed by atoms with van der Waals surface area (Å²) in [5.41, 5.74) is 2.02. The van der Waals surface area contributed by atoms with Crippen molar-refractivity contribution in [3.8, 4) is 0 Å². The minimum absolute atomic E-state index is 0.104. The van der Waals surface area contributed by atoms with E-state index in [1.54, 1.807) is 0 Å². The quantitative estimate of drug-likeness (QED) is 0.583. The molecule has 1 atom stereocenters. The van der Waals surface area contributed by atoms with E-state index < -0.39 is 18.6 Å². The van der Waals surface area contributed by atoms with Gasteiger partial charge < -0.3 is 10.4 Å². The lowest BCUT2D eigenvalue weighted by molar-refractivity contribution is -0.144. The lowest BCUT2D eigenvalue weighted by atomic mass is 9.80. The number of carboxylic acid groups (broad SMARTS) is 1. The third-order valence-electron chi connectivity index (χ3n) is 2.58. The second kappa shape index (κ2) is 5.55. The molecule has 86 valence electrons. The van der Waals surface area contributed by atoms with Gasteiger partial charge >= 0.3 is 12.0 Å². The van der Waals surface area contributed by atoms with Gasteiger partial charge in [-0.3, -0.25) is 4.84 Å². The molecule has 1 rings (SSSR count). The Morgan fingerprint density at radius 1 is 1.53 bits per heavy atom. The van der Waals surface area contributed by atoms with Crippen LogP contribution in [0.2, 0.25) is 0 Å². The van der Waals surface area contributed by atoms with Crippen LogP contribution in [0.4, 0.5) is 4.79 Å². The van der Waals surface area contributed by atoms with E-state index in [-0.39, 0.29) is 6.04 Å². The molecular formula is C9H16N2O4. The van der Waals surface area contributed by atoms with Crippen molar-refractivity contribution >= 4 is 12.0 Å². The summed E-state index contributed by atoms with van der Waals surface area (Å²) in [6, 6.07) is -0.386. The number of hydrogen-bond acceptors (Lipinski definition) is 3. The van der Waals surface area contributed by atoms with Gasteiger partial charge in [-0.1, -0.05) is 6.42 Å². The predicted octanol–water partition coefficient (Wildman–Crippen LogP) is 0.490. The van der Waals surface area contributed by atoms with Crippen LogP contribution in [0.15, 0.2) is 0 Å². The van der Waals surface area contributed by atoms with Gasteiger partial charge in [-0.15, -0.1) is 0 Å². The van der Waals surface area contributed by atoms with Crippen LogP contribution < -0.4 is 10.8 Å². The Balaban J connectivity index is 2.09. The Bertz CT molecular complexity index is 240. The highest BCUT2D eigenvalue weighted by Gasteiger charge is 2.24. The molecule has 0 bridgehead atoms. The van der Waals surface area contributed by atoms with Gasteiger partial charge in [-0.05, 0) is 25.7 Å². The number of hydrogen-bond donors (Lipinski definition) is 3. The number of carboxylic acids is 1. The molecule has 1 saturated carbocycles. The zero-order chi connectivity index (χ0) is 11.3. The first-order valence-electron chi connectivity index (χ1n) is 4.99. The van der Waals surface area contributed by atoms with Crippen molar-refractivity contribution in [1.82, 2.24) is 10.8 Å². The zero-order valence-electron chi connectivity index (χ0n) is 8.66. The molecule has 1 aliphatic carbocycles. The van der Waals surface area contributed by atoms with Gasteiger partial charge in [0.2, 0.25) is 0 Å². The van der Waals surface area contributed by atoms with E-state index in [4.69, 9.17) is 5.11 Å². The number of carbonyl (C=O) groups is 2. The maximum absolute atomic E-state index is 11.1.